The van der Waals surface area contributed by atoms with E-state index in [1.54, 1.807) is 12.1 Å². The zero-order valence-electron chi connectivity index (χ0n) is 16.2. The Hall–Kier alpha value is -1.90. The predicted molar refractivity (Wildman–Crippen MR) is 113 cm³/mol. The zero-order chi connectivity index (χ0) is 21.7. The fourth-order valence-electron chi connectivity index (χ4n) is 3.30. The average molecular weight is 459 g/mol. The van der Waals surface area contributed by atoms with Crippen molar-refractivity contribution in [2.45, 2.75) is 30.3 Å². The summed E-state index contributed by atoms with van der Waals surface area (Å²) in [5.41, 5.74) is -0.121. The second-order valence-electron chi connectivity index (χ2n) is 7.09. The number of carboxylic acid groups (broad SMARTS) is 1. The molecule has 9 heteroatoms. The van der Waals surface area contributed by atoms with Crippen molar-refractivity contribution in [3.8, 4) is 0 Å². The maximum Gasteiger partial charge on any atom is 0.416 e. The van der Waals surface area contributed by atoms with Crippen molar-refractivity contribution < 1.29 is 23.1 Å². The van der Waals surface area contributed by atoms with Gasteiger partial charge in [-0.05, 0) is 80.3 Å². The molecule has 1 N–H and O–H groups in total. The van der Waals surface area contributed by atoms with Crippen LogP contribution in [0.25, 0.3) is 0 Å². The number of nitrogens with zero attached hydrogens (tertiary/aromatic N) is 2. The van der Waals surface area contributed by atoms with Gasteiger partial charge in [-0.1, -0.05) is 18.0 Å². The molecule has 1 aliphatic rings. The summed E-state index contributed by atoms with van der Waals surface area (Å²) in [5.74, 6) is -1.01. The molecule has 1 fully saturated rings. The summed E-state index contributed by atoms with van der Waals surface area (Å²) in [7, 11) is 0. The van der Waals surface area contributed by atoms with Crippen molar-refractivity contribution in [2.24, 2.45) is 0 Å². The highest BCUT2D eigenvalue weighted by atomic mass is 35.5. The number of rotatable bonds is 7. The number of carboxylic acids is 1. The summed E-state index contributed by atoms with van der Waals surface area (Å²) in [6.45, 7) is 3.34. The van der Waals surface area contributed by atoms with Crippen LogP contribution in [0.1, 0.15) is 35.2 Å². The summed E-state index contributed by atoms with van der Waals surface area (Å²) < 4.78 is 40.9. The van der Waals surface area contributed by atoms with E-state index in [0.29, 0.717) is 12.2 Å². The van der Waals surface area contributed by atoms with Crippen LogP contribution < -0.4 is 4.31 Å². The molecule has 1 aliphatic heterocycles. The van der Waals surface area contributed by atoms with Crippen LogP contribution >= 0.6 is 23.5 Å². The predicted octanol–water partition coefficient (Wildman–Crippen LogP) is 6.06. The second-order valence-corrected chi connectivity index (χ2v) is 8.59. The molecule has 2 aromatic rings. The molecule has 0 radical (unpaired) electrons. The van der Waals surface area contributed by atoms with E-state index in [1.165, 1.54) is 36.6 Å². The largest absolute Gasteiger partial charge is 0.478 e. The third-order valence-corrected chi connectivity index (χ3v) is 6.31. The molecule has 1 saturated heterocycles. The van der Waals surface area contributed by atoms with E-state index in [1.807, 2.05) is 4.31 Å². The van der Waals surface area contributed by atoms with Gasteiger partial charge in [0.2, 0.25) is 0 Å². The van der Waals surface area contributed by atoms with Crippen LogP contribution in [0.15, 0.2) is 47.4 Å². The first-order valence-corrected chi connectivity index (χ1v) is 10.8. The molecule has 1 heterocycles. The van der Waals surface area contributed by atoms with E-state index in [2.05, 4.69) is 4.90 Å². The Morgan fingerprint density at radius 1 is 1.10 bits per heavy atom. The van der Waals surface area contributed by atoms with Gasteiger partial charge < -0.3 is 14.3 Å². The van der Waals surface area contributed by atoms with Crippen LogP contribution in [0.3, 0.4) is 0 Å². The number of likely N-dealkylation sites (tertiary alicyclic amines) is 1. The molecule has 0 aromatic heterocycles. The molecule has 0 amide bonds. The van der Waals surface area contributed by atoms with Gasteiger partial charge in [0.05, 0.1) is 21.8 Å². The lowest BCUT2D eigenvalue weighted by molar-refractivity contribution is -0.137. The van der Waals surface area contributed by atoms with E-state index >= 15 is 0 Å². The molecule has 0 unspecified atom stereocenters. The van der Waals surface area contributed by atoms with Crippen molar-refractivity contribution in [1.29, 1.82) is 0 Å². The third-order valence-electron chi connectivity index (χ3n) is 4.93. The van der Waals surface area contributed by atoms with Gasteiger partial charge in [-0.3, -0.25) is 0 Å². The number of piperidine rings is 1. The van der Waals surface area contributed by atoms with Crippen molar-refractivity contribution in [1.82, 2.24) is 4.90 Å². The molecular weight excluding hydrogens is 437 g/mol. The number of anilines is 1. The van der Waals surface area contributed by atoms with Crippen molar-refractivity contribution >= 4 is 35.2 Å². The lowest BCUT2D eigenvalue weighted by Crippen LogP contribution is -2.36. The number of carbonyl (C=O) groups is 1. The highest BCUT2D eigenvalue weighted by Crippen LogP contribution is 2.38. The standard InChI is InChI=1S/C21H22ClF3N2O2S/c22-18-14-16(21(23,24)25)6-9-19(18)27(13-12-26-10-2-1-3-11-26)30-17-7-4-15(5-8-17)20(28)29/h4-9,14H,1-3,10-13H2,(H,28,29). The fourth-order valence-corrected chi connectivity index (χ4v) is 4.58. The molecule has 0 aliphatic carbocycles. The van der Waals surface area contributed by atoms with E-state index < -0.39 is 17.7 Å². The normalized spacial score (nSPS) is 15.2. The number of benzene rings is 2. The van der Waals surface area contributed by atoms with Crippen molar-refractivity contribution in [2.75, 3.05) is 30.5 Å². The number of hydrogen-bond donors (Lipinski definition) is 1. The number of halogens is 4. The van der Waals surface area contributed by atoms with Gasteiger partial charge in [0.15, 0.2) is 0 Å². The molecule has 3 rings (SSSR count). The van der Waals surface area contributed by atoms with Gasteiger partial charge in [0.1, 0.15) is 0 Å². The summed E-state index contributed by atoms with van der Waals surface area (Å²) in [6, 6.07) is 9.73. The Kier molecular flexibility index (Phi) is 7.55. The van der Waals surface area contributed by atoms with Gasteiger partial charge in [-0.15, -0.1) is 0 Å². The molecule has 162 valence electrons. The van der Waals surface area contributed by atoms with Crippen LogP contribution in [-0.4, -0.2) is 42.2 Å². The van der Waals surface area contributed by atoms with E-state index in [0.717, 1.165) is 49.5 Å². The SMILES string of the molecule is O=C(O)c1ccc(SN(CCN2CCCCC2)c2ccc(C(F)(F)F)cc2Cl)cc1. The first-order chi connectivity index (χ1) is 14.2. The van der Waals surface area contributed by atoms with Gasteiger partial charge >= 0.3 is 12.1 Å². The van der Waals surface area contributed by atoms with Crippen molar-refractivity contribution in [3.05, 3.63) is 58.6 Å². The minimum absolute atomic E-state index is 0.0260. The van der Waals surface area contributed by atoms with Crippen LogP contribution in [0.5, 0.6) is 0 Å². The summed E-state index contributed by atoms with van der Waals surface area (Å²) in [6.07, 6.45) is -0.952. The number of aromatic carboxylic acids is 1. The highest BCUT2D eigenvalue weighted by Gasteiger charge is 2.31. The third kappa shape index (κ3) is 6.06. The Morgan fingerprint density at radius 3 is 2.33 bits per heavy atom. The van der Waals surface area contributed by atoms with Crippen LogP contribution in [0, 0.1) is 0 Å². The van der Waals surface area contributed by atoms with Crippen LogP contribution in [-0.2, 0) is 6.18 Å². The maximum absolute atomic E-state index is 13.0. The minimum atomic E-state index is -4.46. The number of hydrogen-bond acceptors (Lipinski definition) is 4. The summed E-state index contributed by atoms with van der Waals surface area (Å²) >= 11 is 7.56. The van der Waals surface area contributed by atoms with Gasteiger partial charge in [0, 0.05) is 18.0 Å². The molecule has 30 heavy (non-hydrogen) atoms. The molecule has 2 aromatic carbocycles. The minimum Gasteiger partial charge on any atom is -0.478 e. The molecule has 0 saturated carbocycles. The molecule has 0 spiro atoms. The lowest BCUT2D eigenvalue weighted by atomic mass is 10.1. The highest BCUT2D eigenvalue weighted by molar-refractivity contribution is 8.00. The fraction of sp³-hybridized carbons (Fsp3) is 0.381. The van der Waals surface area contributed by atoms with E-state index in [9.17, 15) is 18.0 Å². The molecule has 0 bridgehead atoms. The smallest absolute Gasteiger partial charge is 0.416 e. The Bertz CT molecular complexity index is 872. The topological polar surface area (TPSA) is 43.8 Å². The lowest BCUT2D eigenvalue weighted by Gasteiger charge is -2.31. The Labute approximate surface area is 182 Å². The van der Waals surface area contributed by atoms with Crippen LogP contribution in [0.4, 0.5) is 18.9 Å². The summed E-state index contributed by atoms with van der Waals surface area (Å²) in [5, 5.41) is 9.09. The van der Waals surface area contributed by atoms with Crippen molar-refractivity contribution in [3.63, 3.8) is 0 Å². The van der Waals surface area contributed by atoms with Gasteiger partial charge in [-0.2, -0.15) is 13.2 Å². The Morgan fingerprint density at radius 2 is 1.77 bits per heavy atom. The maximum atomic E-state index is 13.0. The first kappa shape index (κ1) is 22.8. The zero-order valence-corrected chi connectivity index (χ0v) is 17.7. The van der Waals surface area contributed by atoms with E-state index in [4.69, 9.17) is 16.7 Å². The van der Waals surface area contributed by atoms with Gasteiger partial charge in [-0.25, -0.2) is 4.79 Å². The summed E-state index contributed by atoms with van der Waals surface area (Å²) in [4.78, 5) is 14.2. The quantitative estimate of drug-likeness (QED) is 0.511. The monoisotopic (exact) mass is 458 g/mol. The van der Waals surface area contributed by atoms with E-state index in [-0.39, 0.29) is 10.6 Å². The molecule has 4 nitrogen and oxygen atoms in total. The second kappa shape index (κ2) is 9.94. The number of alkyl halides is 3. The molecule has 0 atom stereocenters. The average Bonchev–Trinajstić information content (AvgIpc) is 2.71. The first-order valence-electron chi connectivity index (χ1n) is 9.62. The van der Waals surface area contributed by atoms with Gasteiger partial charge in [0.25, 0.3) is 0 Å². The Balaban J connectivity index is 1.82. The molecular formula is C21H22ClF3N2O2S. The van der Waals surface area contributed by atoms with Crippen LogP contribution in [0.2, 0.25) is 5.02 Å².